The Labute approximate surface area is 389 Å². The van der Waals surface area contributed by atoms with Gasteiger partial charge < -0.3 is 63.2 Å². The highest BCUT2D eigenvalue weighted by molar-refractivity contribution is 6.75. The van der Waals surface area contributed by atoms with Crippen LogP contribution in [0.4, 0.5) is 0 Å². The van der Waals surface area contributed by atoms with Crippen molar-refractivity contribution in [2.45, 2.75) is 159 Å². The third-order valence-corrected chi connectivity index (χ3v) is 24.7. The summed E-state index contributed by atoms with van der Waals surface area (Å²) in [5.41, 5.74) is 0. The fourth-order valence-electron chi connectivity index (χ4n) is 7.65. The standard InChI is InChI=1S/2C22H52N2O5Si2/c2*1-9-17-23(7)19-15-21-30(25-11-3,26-12-4)29-31(27-13-5,28-14-6)22-16-20-24(8)18-10-2/h2*9-22H2,1-8H3. The lowest BCUT2D eigenvalue weighted by Crippen LogP contribution is -2.59. The first-order valence-corrected chi connectivity index (χ1v) is 32.7. The minimum absolute atomic E-state index is 0.568. The van der Waals surface area contributed by atoms with E-state index in [1.54, 1.807) is 0 Å². The van der Waals surface area contributed by atoms with Crippen LogP contribution in [0.15, 0.2) is 0 Å². The highest BCUT2D eigenvalue weighted by atomic mass is 28.5. The van der Waals surface area contributed by atoms with Gasteiger partial charge in [0.25, 0.3) is 0 Å². The van der Waals surface area contributed by atoms with Gasteiger partial charge in [-0.15, -0.1) is 0 Å². The summed E-state index contributed by atoms with van der Waals surface area (Å²) in [6.45, 7) is 37.9. The van der Waals surface area contributed by atoms with Crippen molar-refractivity contribution in [1.29, 1.82) is 0 Å². The molecule has 0 aromatic carbocycles. The number of nitrogens with zero attached hydrogens (tertiary/aromatic N) is 4. The summed E-state index contributed by atoms with van der Waals surface area (Å²) in [7, 11) is -2.99. The van der Waals surface area contributed by atoms with Crippen molar-refractivity contribution < 1.29 is 43.6 Å². The molecule has 0 heterocycles. The molecule has 0 rings (SSSR count). The third-order valence-electron chi connectivity index (χ3n) is 10.0. The van der Waals surface area contributed by atoms with Crippen LogP contribution in [-0.2, 0) is 43.6 Å². The van der Waals surface area contributed by atoms with Crippen LogP contribution in [0.25, 0.3) is 0 Å². The van der Waals surface area contributed by atoms with Crippen molar-refractivity contribution in [3.8, 4) is 0 Å². The Bertz CT molecular complexity index is 821. The van der Waals surface area contributed by atoms with Crippen molar-refractivity contribution in [3.05, 3.63) is 0 Å². The normalized spacial score (nSPS) is 13.0. The van der Waals surface area contributed by atoms with E-state index in [0.29, 0.717) is 52.9 Å². The molecule has 62 heavy (non-hydrogen) atoms. The Hall–Kier alpha value is 0.308. The molecule has 0 bridgehead atoms. The average molecular weight is 962 g/mol. The summed E-state index contributed by atoms with van der Waals surface area (Å²) in [6, 6.07) is 3.14. The molecule has 0 saturated carbocycles. The molecule has 14 nitrogen and oxygen atoms in total. The fraction of sp³-hybridized carbons (Fsp3) is 1.00. The second-order valence-electron chi connectivity index (χ2n) is 16.0. The summed E-state index contributed by atoms with van der Waals surface area (Å²) in [4.78, 5) is 9.43. The minimum Gasteiger partial charge on any atom is -0.374 e. The molecule has 0 unspecified atom stereocenters. The number of rotatable bonds is 44. The van der Waals surface area contributed by atoms with E-state index in [-0.39, 0.29) is 0 Å². The van der Waals surface area contributed by atoms with Crippen LogP contribution in [0.5, 0.6) is 0 Å². The molecule has 0 radical (unpaired) electrons. The highest BCUT2D eigenvalue weighted by Gasteiger charge is 2.54. The SMILES string of the molecule is CCCN(C)CCC[Si](OCC)(OCC)O[Si](CCCN(C)CCC)(OCC)OCC.CCCN(C)CCC[Si](OCC)(OCC)O[Si](CCCN(C)CCC)(OCC)OCC. The Morgan fingerprint density at radius 1 is 0.258 bits per heavy atom. The molecule has 0 aromatic rings. The van der Waals surface area contributed by atoms with Crippen LogP contribution >= 0.6 is 0 Å². The molecule has 0 saturated heterocycles. The van der Waals surface area contributed by atoms with E-state index >= 15 is 0 Å². The fourth-order valence-corrected chi connectivity index (χ4v) is 22.3. The first kappa shape index (κ1) is 64.4. The molecule has 0 aliphatic carbocycles. The van der Waals surface area contributed by atoms with Gasteiger partial charge in [-0.05, 0) is 187 Å². The van der Waals surface area contributed by atoms with Crippen molar-refractivity contribution in [1.82, 2.24) is 19.6 Å². The van der Waals surface area contributed by atoms with Gasteiger partial charge in [-0.1, -0.05) is 27.7 Å². The van der Waals surface area contributed by atoms with Gasteiger partial charge in [-0.25, -0.2) is 0 Å². The third kappa shape index (κ3) is 29.8. The van der Waals surface area contributed by atoms with E-state index in [9.17, 15) is 0 Å². The van der Waals surface area contributed by atoms with Crippen LogP contribution in [0.1, 0.15) is 134 Å². The summed E-state index contributed by atoms with van der Waals surface area (Å²) in [6.07, 6.45) is 8.53. The van der Waals surface area contributed by atoms with Crippen molar-refractivity contribution in [2.24, 2.45) is 0 Å². The minimum atomic E-state index is -2.92. The molecule has 0 fully saturated rings. The zero-order valence-corrected chi connectivity index (χ0v) is 47.7. The summed E-state index contributed by atoms with van der Waals surface area (Å²) in [5.74, 6) is 0. The summed E-state index contributed by atoms with van der Waals surface area (Å²) in [5, 5.41) is 0. The quantitative estimate of drug-likeness (QED) is 0.0543. The molecule has 0 aromatic heterocycles. The van der Waals surface area contributed by atoms with Crippen LogP contribution in [0.3, 0.4) is 0 Å². The molecular weight excluding hydrogens is 857 g/mol. The van der Waals surface area contributed by atoms with Crippen LogP contribution in [0.2, 0.25) is 24.2 Å². The number of hydrogen-bond donors (Lipinski definition) is 0. The molecule has 0 spiro atoms. The van der Waals surface area contributed by atoms with E-state index < -0.39 is 35.2 Å². The Balaban J connectivity index is 0. The number of hydrogen-bond acceptors (Lipinski definition) is 14. The predicted molar refractivity (Wildman–Crippen MR) is 267 cm³/mol. The maximum absolute atomic E-state index is 6.82. The van der Waals surface area contributed by atoms with Gasteiger partial charge in [-0.2, -0.15) is 0 Å². The molecule has 0 atom stereocenters. The maximum Gasteiger partial charge on any atom is 0.493 e. The molecule has 0 amide bonds. The summed E-state index contributed by atoms with van der Waals surface area (Å²) >= 11 is 0. The molecule has 376 valence electrons. The lowest BCUT2D eigenvalue weighted by molar-refractivity contribution is 0.0467. The highest BCUT2D eigenvalue weighted by Crippen LogP contribution is 2.30. The van der Waals surface area contributed by atoms with E-state index in [0.717, 1.165) is 128 Å². The second kappa shape index (κ2) is 40.4. The van der Waals surface area contributed by atoms with E-state index in [2.05, 4.69) is 75.5 Å². The van der Waals surface area contributed by atoms with Crippen molar-refractivity contribution in [3.63, 3.8) is 0 Å². The van der Waals surface area contributed by atoms with Crippen LogP contribution in [0, 0.1) is 0 Å². The smallest absolute Gasteiger partial charge is 0.374 e. The Kier molecular flexibility index (Phi) is 41.9. The molecule has 0 N–H and O–H groups in total. The van der Waals surface area contributed by atoms with Gasteiger partial charge in [0.05, 0.1) is 0 Å². The topological polar surface area (TPSA) is 105 Å². The van der Waals surface area contributed by atoms with Gasteiger partial charge in [0.1, 0.15) is 0 Å². The Morgan fingerprint density at radius 2 is 0.419 bits per heavy atom. The van der Waals surface area contributed by atoms with Crippen LogP contribution in [-0.4, -0.2) is 188 Å². The molecule has 18 heteroatoms. The first-order chi connectivity index (χ1) is 29.7. The van der Waals surface area contributed by atoms with Gasteiger partial charge >= 0.3 is 35.2 Å². The first-order valence-electron chi connectivity index (χ1n) is 25.0. The molecule has 0 aliphatic rings. The van der Waals surface area contributed by atoms with Crippen molar-refractivity contribution >= 4 is 35.2 Å². The van der Waals surface area contributed by atoms with Gasteiger partial charge in [0.15, 0.2) is 0 Å². The molecule has 0 aliphatic heterocycles. The van der Waals surface area contributed by atoms with E-state index in [1.165, 1.54) is 0 Å². The van der Waals surface area contributed by atoms with E-state index in [1.807, 2.05) is 55.4 Å². The largest absolute Gasteiger partial charge is 0.493 e. The summed E-state index contributed by atoms with van der Waals surface area (Å²) < 4.78 is 63.8. The lowest BCUT2D eigenvalue weighted by Gasteiger charge is -2.38. The van der Waals surface area contributed by atoms with Crippen LogP contribution < -0.4 is 0 Å². The molecular formula is C44H104N4O10Si4. The van der Waals surface area contributed by atoms with E-state index in [4.69, 9.17) is 43.6 Å². The monoisotopic (exact) mass is 961 g/mol. The van der Waals surface area contributed by atoms with Gasteiger partial charge in [0, 0.05) is 77.0 Å². The van der Waals surface area contributed by atoms with Gasteiger partial charge in [0.2, 0.25) is 0 Å². The second-order valence-corrected chi connectivity index (χ2v) is 27.4. The lowest BCUT2D eigenvalue weighted by atomic mass is 10.4. The van der Waals surface area contributed by atoms with Gasteiger partial charge in [-0.3, -0.25) is 0 Å². The zero-order chi connectivity index (χ0) is 47.2. The Morgan fingerprint density at radius 3 is 0.548 bits per heavy atom. The van der Waals surface area contributed by atoms with Crippen molar-refractivity contribution in [2.75, 3.05) is 133 Å². The zero-order valence-electron chi connectivity index (χ0n) is 43.7. The maximum atomic E-state index is 6.82. The average Bonchev–Trinajstić information content (AvgIpc) is 3.19. The predicted octanol–water partition coefficient (Wildman–Crippen LogP) is 8.98.